The number of carbonyl (C=O) groups is 1. The first-order valence-corrected chi connectivity index (χ1v) is 9.88. The minimum atomic E-state index is -0.285. The van der Waals surface area contributed by atoms with Crippen molar-refractivity contribution in [2.45, 2.75) is 26.8 Å². The lowest BCUT2D eigenvalue weighted by Gasteiger charge is -2.06. The van der Waals surface area contributed by atoms with Crippen LogP contribution >= 0.6 is 11.6 Å². The van der Waals surface area contributed by atoms with Crippen LogP contribution in [-0.2, 0) is 11.3 Å². The number of pyridine rings is 1. The van der Waals surface area contributed by atoms with Crippen LogP contribution < -0.4 is 10.1 Å². The number of amides is 1. The molecule has 4 aromatic rings. The highest BCUT2D eigenvalue weighted by Crippen LogP contribution is 2.27. The van der Waals surface area contributed by atoms with E-state index in [4.69, 9.17) is 21.3 Å². The number of benzene rings is 2. The van der Waals surface area contributed by atoms with Gasteiger partial charge in [0, 0.05) is 17.0 Å². The van der Waals surface area contributed by atoms with Crippen molar-refractivity contribution < 1.29 is 9.53 Å². The molecule has 0 saturated carbocycles. The zero-order valence-electron chi connectivity index (χ0n) is 16.3. The molecule has 0 bridgehead atoms. The fraction of sp³-hybridized carbons (Fsp3) is 0.227. The lowest BCUT2D eigenvalue weighted by molar-refractivity contribution is -0.118. The van der Waals surface area contributed by atoms with Crippen molar-refractivity contribution in [2.75, 3.05) is 11.9 Å². The van der Waals surface area contributed by atoms with Gasteiger partial charge in [0.1, 0.15) is 5.75 Å². The molecule has 0 radical (unpaired) electrons. The number of carbonyl (C=O) groups excluding carboxylic acids is 1. The van der Waals surface area contributed by atoms with E-state index in [1.807, 2.05) is 35.9 Å². The highest BCUT2D eigenvalue weighted by molar-refractivity contribution is 6.30. The Hall–Kier alpha value is -3.12. The number of aryl methyl sites for hydroxylation is 2. The fourth-order valence-electron chi connectivity index (χ4n) is 3.24. The van der Waals surface area contributed by atoms with E-state index in [9.17, 15) is 4.79 Å². The molecule has 29 heavy (non-hydrogen) atoms. The molecular formula is C22H21ClN4O2. The molecule has 2 aromatic heterocycles. The highest BCUT2D eigenvalue weighted by Gasteiger charge is 2.16. The number of halogens is 1. The SMILES string of the molecule is CCCn1nc(NC(=O)COc2ccc(Cl)cc2)c2cc3cccc(C)c3nc21. The largest absolute Gasteiger partial charge is 0.484 e. The van der Waals surface area contributed by atoms with Crippen LogP contribution in [0.4, 0.5) is 5.82 Å². The number of anilines is 1. The zero-order valence-corrected chi connectivity index (χ0v) is 17.0. The predicted molar refractivity (Wildman–Crippen MR) is 116 cm³/mol. The van der Waals surface area contributed by atoms with Crippen LogP contribution in [0.25, 0.3) is 21.9 Å². The molecule has 2 aromatic carbocycles. The third-order valence-electron chi connectivity index (χ3n) is 4.62. The zero-order chi connectivity index (χ0) is 20.4. The lowest BCUT2D eigenvalue weighted by atomic mass is 10.1. The van der Waals surface area contributed by atoms with E-state index >= 15 is 0 Å². The summed E-state index contributed by atoms with van der Waals surface area (Å²) >= 11 is 5.87. The Morgan fingerprint density at radius 3 is 2.76 bits per heavy atom. The van der Waals surface area contributed by atoms with Gasteiger partial charge in [-0.1, -0.05) is 36.7 Å². The van der Waals surface area contributed by atoms with Crippen LogP contribution in [0.2, 0.25) is 5.02 Å². The van der Waals surface area contributed by atoms with E-state index in [1.165, 1.54) is 0 Å². The van der Waals surface area contributed by atoms with Gasteiger partial charge in [0.15, 0.2) is 18.1 Å². The molecule has 0 fully saturated rings. The maximum atomic E-state index is 12.4. The minimum absolute atomic E-state index is 0.121. The predicted octanol–water partition coefficient (Wildman–Crippen LogP) is 4.97. The fourth-order valence-corrected chi connectivity index (χ4v) is 3.36. The molecule has 148 valence electrons. The van der Waals surface area contributed by atoms with Gasteiger partial charge in [-0.3, -0.25) is 4.79 Å². The van der Waals surface area contributed by atoms with Crippen molar-refractivity contribution in [1.29, 1.82) is 0 Å². The smallest absolute Gasteiger partial charge is 0.263 e. The Morgan fingerprint density at radius 2 is 2.00 bits per heavy atom. The van der Waals surface area contributed by atoms with Gasteiger partial charge in [-0.05, 0) is 49.2 Å². The number of nitrogens with one attached hydrogen (secondary N) is 1. The number of ether oxygens (including phenoxy) is 1. The molecule has 0 aliphatic carbocycles. The first-order valence-electron chi connectivity index (χ1n) is 9.50. The first kappa shape index (κ1) is 19.2. The summed E-state index contributed by atoms with van der Waals surface area (Å²) in [5, 5.41) is 9.90. The summed E-state index contributed by atoms with van der Waals surface area (Å²) in [5.74, 6) is 0.787. The van der Waals surface area contributed by atoms with Crippen LogP contribution in [0.1, 0.15) is 18.9 Å². The molecule has 0 spiro atoms. The average molecular weight is 409 g/mol. The summed E-state index contributed by atoms with van der Waals surface area (Å²) < 4.78 is 7.37. The van der Waals surface area contributed by atoms with Crippen LogP contribution in [0, 0.1) is 6.92 Å². The van der Waals surface area contributed by atoms with E-state index in [0.717, 1.165) is 40.5 Å². The second kappa shape index (κ2) is 8.09. The monoisotopic (exact) mass is 408 g/mol. The molecular weight excluding hydrogens is 388 g/mol. The third kappa shape index (κ3) is 4.03. The molecule has 6 nitrogen and oxygen atoms in total. The topological polar surface area (TPSA) is 69.0 Å². The van der Waals surface area contributed by atoms with Crippen molar-refractivity contribution in [3.8, 4) is 5.75 Å². The van der Waals surface area contributed by atoms with Crippen LogP contribution in [-0.4, -0.2) is 27.3 Å². The number of hydrogen-bond acceptors (Lipinski definition) is 4. The Kier molecular flexibility index (Phi) is 5.36. The second-order valence-electron chi connectivity index (χ2n) is 6.87. The van der Waals surface area contributed by atoms with Gasteiger partial charge < -0.3 is 10.1 Å². The summed E-state index contributed by atoms with van der Waals surface area (Å²) in [4.78, 5) is 17.3. The summed E-state index contributed by atoms with van der Waals surface area (Å²) in [7, 11) is 0. The summed E-state index contributed by atoms with van der Waals surface area (Å²) in [6.45, 7) is 4.72. The van der Waals surface area contributed by atoms with Crippen LogP contribution in [0.15, 0.2) is 48.5 Å². The molecule has 0 atom stereocenters. The van der Waals surface area contributed by atoms with Gasteiger partial charge in [0.05, 0.1) is 10.9 Å². The van der Waals surface area contributed by atoms with Crippen molar-refractivity contribution in [2.24, 2.45) is 0 Å². The molecule has 0 aliphatic rings. The quantitative estimate of drug-likeness (QED) is 0.488. The van der Waals surface area contributed by atoms with E-state index < -0.39 is 0 Å². The van der Waals surface area contributed by atoms with Gasteiger partial charge in [-0.25, -0.2) is 9.67 Å². The van der Waals surface area contributed by atoms with E-state index in [0.29, 0.717) is 16.6 Å². The molecule has 2 heterocycles. The molecule has 0 unspecified atom stereocenters. The Morgan fingerprint density at radius 1 is 1.21 bits per heavy atom. The molecule has 0 saturated heterocycles. The summed E-state index contributed by atoms with van der Waals surface area (Å²) in [6, 6.07) is 15.0. The number of fused-ring (bicyclic) bond motifs is 2. The van der Waals surface area contributed by atoms with E-state index in [1.54, 1.807) is 24.3 Å². The Balaban J connectivity index is 1.62. The second-order valence-corrected chi connectivity index (χ2v) is 7.31. The van der Waals surface area contributed by atoms with Gasteiger partial charge in [0.2, 0.25) is 0 Å². The normalized spacial score (nSPS) is 11.1. The van der Waals surface area contributed by atoms with E-state index in [-0.39, 0.29) is 12.5 Å². The molecule has 7 heteroatoms. The molecule has 4 rings (SSSR count). The van der Waals surface area contributed by atoms with E-state index in [2.05, 4.69) is 17.3 Å². The minimum Gasteiger partial charge on any atom is -0.484 e. The number of nitrogens with zero attached hydrogens (tertiary/aromatic N) is 3. The third-order valence-corrected chi connectivity index (χ3v) is 4.88. The number of para-hydroxylation sites is 1. The maximum Gasteiger partial charge on any atom is 0.263 e. The molecule has 0 aliphatic heterocycles. The van der Waals surface area contributed by atoms with Crippen molar-refractivity contribution >= 4 is 45.3 Å². The van der Waals surface area contributed by atoms with Crippen molar-refractivity contribution in [3.63, 3.8) is 0 Å². The lowest BCUT2D eigenvalue weighted by Crippen LogP contribution is -2.20. The van der Waals surface area contributed by atoms with Crippen LogP contribution in [0.3, 0.4) is 0 Å². The molecule has 1 N–H and O–H groups in total. The van der Waals surface area contributed by atoms with Gasteiger partial charge in [0.25, 0.3) is 5.91 Å². The van der Waals surface area contributed by atoms with Gasteiger partial charge in [-0.15, -0.1) is 0 Å². The van der Waals surface area contributed by atoms with Crippen LogP contribution in [0.5, 0.6) is 5.75 Å². The standard InChI is InChI=1S/C22H21ClN4O2/c1-3-11-27-22-18(12-15-6-4-5-14(2)20(15)25-22)21(26-27)24-19(28)13-29-17-9-7-16(23)8-10-17/h4-10,12H,3,11,13H2,1-2H3,(H,24,26,28). The number of rotatable bonds is 6. The molecule has 1 amide bonds. The van der Waals surface area contributed by atoms with Gasteiger partial charge >= 0.3 is 0 Å². The average Bonchev–Trinajstić information content (AvgIpc) is 3.03. The Labute approximate surface area is 173 Å². The number of aromatic nitrogens is 3. The summed E-state index contributed by atoms with van der Waals surface area (Å²) in [5.41, 5.74) is 2.82. The highest BCUT2D eigenvalue weighted by atomic mass is 35.5. The Bertz CT molecular complexity index is 1190. The van der Waals surface area contributed by atoms with Gasteiger partial charge in [-0.2, -0.15) is 5.10 Å². The summed E-state index contributed by atoms with van der Waals surface area (Å²) in [6.07, 6.45) is 0.914. The van der Waals surface area contributed by atoms with Crippen molar-refractivity contribution in [1.82, 2.24) is 14.8 Å². The number of hydrogen-bond donors (Lipinski definition) is 1. The van der Waals surface area contributed by atoms with Crippen molar-refractivity contribution in [3.05, 3.63) is 59.1 Å². The first-order chi connectivity index (χ1) is 14.0. The maximum absolute atomic E-state index is 12.4.